The fourth-order valence-corrected chi connectivity index (χ4v) is 0. The van der Waals surface area contributed by atoms with Crippen LogP contribution >= 0.6 is 0 Å². The minimum absolute atomic E-state index is 0. The van der Waals surface area contributed by atoms with Crippen molar-refractivity contribution >= 4 is 16.1 Å². The van der Waals surface area contributed by atoms with Crippen LogP contribution in [0.5, 0.6) is 0 Å². The van der Waals surface area contributed by atoms with Gasteiger partial charge in [-0.2, -0.15) is 0 Å². The van der Waals surface area contributed by atoms with Crippen molar-refractivity contribution in [1.82, 2.24) is 0 Å². The van der Waals surface area contributed by atoms with Gasteiger partial charge in [0.1, 0.15) is 5.30 Å². The van der Waals surface area contributed by atoms with Gasteiger partial charge in [0.05, 0.1) is 10.8 Å². The molecule has 0 saturated carbocycles. The van der Waals surface area contributed by atoms with E-state index in [0.29, 0.717) is 0 Å². The van der Waals surface area contributed by atoms with Crippen LogP contribution in [0.2, 0.25) is 0 Å². The average molecular weight is 130 g/mol. The van der Waals surface area contributed by atoms with E-state index in [1.165, 1.54) is 0 Å². The minimum atomic E-state index is -1.81. The standard InChI is InChI=1S/C2H4O3S.Na/c1-6(5)2(3)4;/h1H3,(H,3,4);/q;+1/p-1. The first-order chi connectivity index (χ1) is 2.64. The Bertz CT molecular complexity index is 78.9. The van der Waals surface area contributed by atoms with Crippen molar-refractivity contribution in [2.24, 2.45) is 0 Å². The van der Waals surface area contributed by atoms with Gasteiger partial charge >= 0.3 is 29.6 Å². The molecule has 0 aromatic carbocycles. The Morgan fingerprint density at radius 1 is 1.71 bits per heavy atom. The van der Waals surface area contributed by atoms with Gasteiger partial charge in [-0.3, -0.25) is 4.21 Å². The van der Waals surface area contributed by atoms with Crippen LogP contribution in [0.25, 0.3) is 0 Å². The van der Waals surface area contributed by atoms with E-state index in [1.807, 2.05) is 0 Å². The molecule has 1 unspecified atom stereocenters. The van der Waals surface area contributed by atoms with Gasteiger partial charge in [0.15, 0.2) is 0 Å². The molecule has 0 aromatic heterocycles. The zero-order valence-corrected chi connectivity index (χ0v) is 6.95. The molecule has 3 nitrogen and oxygen atoms in total. The van der Waals surface area contributed by atoms with Gasteiger partial charge in [-0.05, 0) is 0 Å². The predicted molar refractivity (Wildman–Crippen MR) is 19.5 cm³/mol. The summed E-state index contributed by atoms with van der Waals surface area (Å²) in [6.45, 7) is 0. The fraction of sp³-hybridized carbons (Fsp3) is 0.500. The number of rotatable bonds is 0. The van der Waals surface area contributed by atoms with Crippen LogP contribution < -0.4 is 34.7 Å². The average Bonchev–Trinajstić information content (AvgIpc) is 1.36. The van der Waals surface area contributed by atoms with Crippen molar-refractivity contribution in [1.29, 1.82) is 0 Å². The topological polar surface area (TPSA) is 57.2 Å². The normalized spacial score (nSPS) is 11.6. The summed E-state index contributed by atoms with van der Waals surface area (Å²) < 4.78 is 9.59. The minimum Gasteiger partial charge on any atom is -0.536 e. The van der Waals surface area contributed by atoms with Crippen LogP contribution in [-0.2, 0) is 10.8 Å². The monoisotopic (exact) mass is 130 g/mol. The summed E-state index contributed by atoms with van der Waals surface area (Å²) >= 11 is 0. The third-order valence-corrected chi connectivity index (χ3v) is 0.704. The molecule has 0 fully saturated rings. The van der Waals surface area contributed by atoms with Gasteiger partial charge in [0.2, 0.25) is 0 Å². The quantitative estimate of drug-likeness (QED) is 0.312. The van der Waals surface area contributed by atoms with Crippen molar-refractivity contribution in [3.05, 3.63) is 0 Å². The molecular formula is C2H3NaO3S. The molecular weight excluding hydrogens is 127 g/mol. The molecule has 0 radical (unpaired) electrons. The summed E-state index contributed by atoms with van der Waals surface area (Å²) in [4.78, 5) is 9.29. The molecule has 0 saturated heterocycles. The summed E-state index contributed by atoms with van der Waals surface area (Å²) in [6.07, 6.45) is 1.05. The Morgan fingerprint density at radius 2 is 1.86 bits per heavy atom. The van der Waals surface area contributed by atoms with Crippen LogP contribution in [0.1, 0.15) is 0 Å². The summed E-state index contributed by atoms with van der Waals surface area (Å²) in [5.41, 5.74) is 0. The van der Waals surface area contributed by atoms with E-state index in [4.69, 9.17) is 0 Å². The molecule has 0 rings (SSSR count). The van der Waals surface area contributed by atoms with Crippen LogP contribution in [-0.4, -0.2) is 15.8 Å². The number of carbonyl (C=O) groups excluding carboxylic acids is 1. The Kier molecular flexibility index (Phi) is 7.21. The van der Waals surface area contributed by atoms with Gasteiger partial charge < -0.3 is 9.90 Å². The molecule has 0 aliphatic rings. The molecule has 0 bridgehead atoms. The fourth-order valence-electron chi connectivity index (χ4n) is 0. The SMILES string of the molecule is CS(=O)C(=O)[O-].[Na+]. The molecule has 0 aromatic rings. The molecule has 36 valence electrons. The largest absolute Gasteiger partial charge is 1.00 e. The molecule has 0 amide bonds. The van der Waals surface area contributed by atoms with Crippen LogP contribution in [0.4, 0.5) is 4.79 Å². The molecule has 0 spiro atoms. The summed E-state index contributed by atoms with van der Waals surface area (Å²) in [6, 6.07) is 0. The molecule has 5 heteroatoms. The second-order valence-corrected chi connectivity index (χ2v) is 1.95. The van der Waals surface area contributed by atoms with E-state index < -0.39 is 16.1 Å². The predicted octanol–water partition coefficient (Wildman–Crippen LogP) is -4.29. The van der Waals surface area contributed by atoms with Gasteiger partial charge in [0, 0.05) is 6.26 Å². The first-order valence-corrected chi connectivity index (χ1v) is 2.75. The van der Waals surface area contributed by atoms with E-state index in [0.717, 1.165) is 6.26 Å². The Labute approximate surface area is 65.8 Å². The zero-order chi connectivity index (χ0) is 5.15. The Hall–Kier alpha value is 0.620. The zero-order valence-electron chi connectivity index (χ0n) is 4.13. The van der Waals surface area contributed by atoms with Gasteiger partial charge in [-0.15, -0.1) is 0 Å². The first-order valence-electron chi connectivity index (χ1n) is 1.19. The molecule has 0 heterocycles. The number of carboxylic acid groups (broad SMARTS) is 1. The maximum Gasteiger partial charge on any atom is 1.00 e. The van der Waals surface area contributed by atoms with E-state index in [-0.39, 0.29) is 29.6 Å². The summed E-state index contributed by atoms with van der Waals surface area (Å²) in [5, 5.41) is 7.77. The Balaban J connectivity index is 0. The van der Waals surface area contributed by atoms with E-state index in [1.54, 1.807) is 0 Å². The van der Waals surface area contributed by atoms with E-state index >= 15 is 0 Å². The molecule has 1 atom stereocenters. The van der Waals surface area contributed by atoms with Gasteiger partial charge in [-0.25, -0.2) is 0 Å². The second-order valence-electron chi connectivity index (χ2n) is 0.704. The maximum atomic E-state index is 9.59. The number of hydrogen-bond acceptors (Lipinski definition) is 3. The van der Waals surface area contributed by atoms with Crippen LogP contribution in [0.3, 0.4) is 0 Å². The number of carbonyl (C=O) groups is 1. The van der Waals surface area contributed by atoms with Crippen molar-refractivity contribution in [2.75, 3.05) is 6.26 Å². The van der Waals surface area contributed by atoms with Crippen molar-refractivity contribution in [3.63, 3.8) is 0 Å². The summed E-state index contributed by atoms with van der Waals surface area (Å²) in [7, 11) is -1.81. The number of hydrogen-bond donors (Lipinski definition) is 0. The molecule has 0 aliphatic heterocycles. The van der Waals surface area contributed by atoms with E-state index in [2.05, 4.69) is 0 Å². The van der Waals surface area contributed by atoms with Crippen molar-refractivity contribution in [2.45, 2.75) is 0 Å². The smallest absolute Gasteiger partial charge is 0.536 e. The van der Waals surface area contributed by atoms with Crippen molar-refractivity contribution in [3.8, 4) is 0 Å². The maximum absolute atomic E-state index is 9.59. The first kappa shape index (κ1) is 10.6. The molecule has 0 N–H and O–H groups in total. The van der Waals surface area contributed by atoms with E-state index in [9.17, 15) is 14.1 Å². The van der Waals surface area contributed by atoms with Crippen molar-refractivity contribution < 1.29 is 43.7 Å². The molecule has 0 aliphatic carbocycles. The van der Waals surface area contributed by atoms with Crippen LogP contribution in [0, 0.1) is 0 Å². The third-order valence-electron chi connectivity index (χ3n) is 0.235. The van der Waals surface area contributed by atoms with Gasteiger partial charge in [0.25, 0.3) is 0 Å². The summed E-state index contributed by atoms with van der Waals surface area (Å²) in [5.74, 6) is 0. The van der Waals surface area contributed by atoms with Crippen LogP contribution in [0.15, 0.2) is 0 Å². The Morgan fingerprint density at radius 3 is 1.86 bits per heavy atom. The second kappa shape index (κ2) is 4.77. The van der Waals surface area contributed by atoms with Gasteiger partial charge in [-0.1, -0.05) is 0 Å². The third kappa shape index (κ3) is 6.62. The molecule has 7 heavy (non-hydrogen) atoms.